The molecule has 1 unspecified atom stereocenters. The van der Waals surface area contributed by atoms with Crippen LogP contribution in [0.1, 0.15) is 46.5 Å². The van der Waals surface area contributed by atoms with Crippen LogP contribution in [0.2, 0.25) is 0 Å². The van der Waals surface area contributed by atoms with Crippen LogP contribution in [0.25, 0.3) is 12.2 Å². The second kappa shape index (κ2) is 11.9. The highest BCUT2D eigenvalue weighted by atomic mass is 16.5. The van der Waals surface area contributed by atoms with Crippen LogP contribution in [0.4, 0.5) is 0 Å². The smallest absolute Gasteiger partial charge is 0.141 e. The standard InChI is InChI=1S/C34H36N2O3/c1-25-20-21-36(34(22-25,29-13-6-4-7-14-29)30-15-8-5-9-16-30)23-31(37)24-38-33-17-11-10-12-28(33)18-19-32-26(2)35-39-27(32)3/h4-19,31,37H,1,20-24H2,2-3H3. The number of nitrogens with zero attached hydrogens (tertiary/aromatic N) is 2. The summed E-state index contributed by atoms with van der Waals surface area (Å²) < 4.78 is 11.5. The van der Waals surface area contributed by atoms with Gasteiger partial charge >= 0.3 is 0 Å². The fraction of sp³-hybridized carbons (Fsp3) is 0.265. The molecule has 3 aromatic carbocycles. The van der Waals surface area contributed by atoms with Gasteiger partial charge in [-0.15, -0.1) is 0 Å². The minimum absolute atomic E-state index is 0.188. The molecule has 1 aromatic heterocycles. The number of para-hydroxylation sites is 1. The van der Waals surface area contributed by atoms with E-state index in [0.29, 0.717) is 6.54 Å². The average Bonchev–Trinajstić information content (AvgIpc) is 3.29. The topological polar surface area (TPSA) is 58.7 Å². The van der Waals surface area contributed by atoms with Gasteiger partial charge in [0.05, 0.1) is 11.2 Å². The lowest BCUT2D eigenvalue weighted by Gasteiger charge is -2.49. The Morgan fingerprint density at radius 3 is 2.26 bits per heavy atom. The van der Waals surface area contributed by atoms with E-state index < -0.39 is 11.6 Å². The van der Waals surface area contributed by atoms with Gasteiger partial charge in [-0.3, -0.25) is 4.90 Å². The number of likely N-dealkylation sites (tertiary alicyclic amines) is 1. The van der Waals surface area contributed by atoms with Crippen molar-refractivity contribution in [1.82, 2.24) is 10.1 Å². The van der Waals surface area contributed by atoms with Crippen LogP contribution in [0.15, 0.2) is 102 Å². The molecule has 0 bridgehead atoms. The summed E-state index contributed by atoms with van der Waals surface area (Å²) in [4.78, 5) is 2.41. The van der Waals surface area contributed by atoms with Gasteiger partial charge in [-0.25, -0.2) is 0 Å². The molecule has 1 atom stereocenters. The number of ether oxygens (including phenoxy) is 1. The van der Waals surface area contributed by atoms with E-state index in [1.54, 1.807) is 0 Å². The Bertz CT molecular complexity index is 1370. The second-order valence-corrected chi connectivity index (χ2v) is 10.3. The fourth-order valence-electron chi connectivity index (χ4n) is 5.60. The Balaban J connectivity index is 1.36. The molecule has 5 rings (SSSR count). The predicted octanol–water partition coefficient (Wildman–Crippen LogP) is 6.80. The van der Waals surface area contributed by atoms with Crippen molar-refractivity contribution in [2.75, 3.05) is 19.7 Å². The molecule has 0 aliphatic carbocycles. The van der Waals surface area contributed by atoms with Gasteiger partial charge in [0.15, 0.2) is 0 Å². The van der Waals surface area contributed by atoms with Gasteiger partial charge in [0.1, 0.15) is 24.2 Å². The van der Waals surface area contributed by atoms with E-state index >= 15 is 0 Å². The molecule has 39 heavy (non-hydrogen) atoms. The summed E-state index contributed by atoms with van der Waals surface area (Å²) in [5.41, 5.74) is 6.00. The molecule has 0 amide bonds. The van der Waals surface area contributed by atoms with Crippen molar-refractivity contribution < 1.29 is 14.4 Å². The first kappa shape index (κ1) is 26.7. The summed E-state index contributed by atoms with van der Waals surface area (Å²) in [5.74, 6) is 1.51. The fourth-order valence-corrected chi connectivity index (χ4v) is 5.60. The number of hydrogen-bond donors (Lipinski definition) is 1. The number of aliphatic hydroxyl groups is 1. The van der Waals surface area contributed by atoms with Crippen molar-refractivity contribution in [3.05, 3.63) is 131 Å². The Hall–Kier alpha value is -3.93. The van der Waals surface area contributed by atoms with E-state index in [9.17, 15) is 5.11 Å². The van der Waals surface area contributed by atoms with Crippen molar-refractivity contribution in [2.45, 2.75) is 38.3 Å². The molecule has 1 aliphatic rings. The van der Waals surface area contributed by atoms with Crippen molar-refractivity contribution in [3.8, 4) is 5.75 Å². The van der Waals surface area contributed by atoms with Gasteiger partial charge in [0.2, 0.25) is 0 Å². The Morgan fingerprint density at radius 2 is 1.62 bits per heavy atom. The van der Waals surface area contributed by atoms with E-state index in [-0.39, 0.29) is 6.61 Å². The first-order valence-electron chi connectivity index (χ1n) is 13.5. The number of aromatic nitrogens is 1. The molecule has 0 spiro atoms. The van der Waals surface area contributed by atoms with Gasteiger partial charge in [0.25, 0.3) is 0 Å². The highest BCUT2D eigenvalue weighted by molar-refractivity contribution is 5.73. The molecule has 5 heteroatoms. The summed E-state index contributed by atoms with van der Waals surface area (Å²) in [7, 11) is 0. The Morgan fingerprint density at radius 1 is 0.974 bits per heavy atom. The maximum absolute atomic E-state index is 11.3. The predicted molar refractivity (Wildman–Crippen MR) is 156 cm³/mol. The third kappa shape index (κ3) is 5.75. The largest absolute Gasteiger partial charge is 0.490 e. The third-order valence-electron chi connectivity index (χ3n) is 7.58. The van der Waals surface area contributed by atoms with Gasteiger partial charge in [-0.1, -0.05) is 102 Å². The molecule has 1 saturated heterocycles. The number of aliphatic hydroxyl groups excluding tert-OH is 1. The number of piperidine rings is 1. The van der Waals surface area contributed by atoms with Crippen LogP contribution in [0, 0.1) is 13.8 Å². The lowest BCUT2D eigenvalue weighted by Crippen LogP contribution is -2.53. The maximum atomic E-state index is 11.3. The van der Waals surface area contributed by atoms with Gasteiger partial charge in [-0.05, 0) is 50.0 Å². The van der Waals surface area contributed by atoms with Crippen LogP contribution in [0.3, 0.4) is 0 Å². The van der Waals surface area contributed by atoms with Crippen LogP contribution in [-0.2, 0) is 5.54 Å². The van der Waals surface area contributed by atoms with Crippen LogP contribution < -0.4 is 4.74 Å². The Kier molecular flexibility index (Phi) is 8.10. The number of hydrogen-bond acceptors (Lipinski definition) is 5. The molecule has 1 aliphatic heterocycles. The van der Waals surface area contributed by atoms with Crippen molar-refractivity contribution in [3.63, 3.8) is 0 Å². The average molecular weight is 521 g/mol. The number of benzene rings is 3. The van der Waals surface area contributed by atoms with Crippen molar-refractivity contribution in [1.29, 1.82) is 0 Å². The van der Waals surface area contributed by atoms with Crippen LogP contribution in [-0.4, -0.2) is 41.0 Å². The molecule has 2 heterocycles. The first-order valence-corrected chi connectivity index (χ1v) is 13.5. The highest BCUT2D eigenvalue weighted by Crippen LogP contribution is 2.44. The highest BCUT2D eigenvalue weighted by Gasteiger charge is 2.43. The zero-order chi connectivity index (χ0) is 27.2. The monoisotopic (exact) mass is 520 g/mol. The van der Waals surface area contributed by atoms with Gasteiger partial charge in [-0.2, -0.15) is 0 Å². The number of aryl methyl sites for hydroxylation is 2. The van der Waals surface area contributed by atoms with Gasteiger partial charge in [0, 0.05) is 24.2 Å². The molecular formula is C34H36N2O3. The normalized spacial score (nSPS) is 16.4. The molecule has 0 radical (unpaired) electrons. The second-order valence-electron chi connectivity index (χ2n) is 10.3. The van der Waals surface area contributed by atoms with Crippen LogP contribution in [0.5, 0.6) is 5.75 Å². The minimum atomic E-state index is -0.678. The zero-order valence-electron chi connectivity index (χ0n) is 22.7. The summed E-state index contributed by atoms with van der Waals surface area (Å²) in [6, 6.07) is 29.0. The maximum Gasteiger partial charge on any atom is 0.141 e. The minimum Gasteiger partial charge on any atom is -0.490 e. The molecule has 200 valence electrons. The molecule has 4 aromatic rings. The first-order chi connectivity index (χ1) is 19.0. The molecule has 1 fully saturated rings. The van der Waals surface area contributed by atoms with E-state index in [1.165, 1.54) is 16.7 Å². The summed E-state index contributed by atoms with van der Waals surface area (Å²) in [5, 5.41) is 15.3. The quantitative estimate of drug-likeness (QED) is 0.246. The molecule has 1 N–H and O–H groups in total. The van der Waals surface area contributed by atoms with Crippen LogP contribution >= 0.6 is 0 Å². The zero-order valence-corrected chi connectivity index (χ0v) is 22.7. The van der Waals surface area contributed by atoms with E-state index in [0.717, 1.165) is 47.7 Å². The van der Waals surface area contributed by atoms with Crippen molar-refractivity contribution >= 4 is 12.2 Å². The van der Waals surface area contributed by atoms with E-state index in [2.05, 4.69) is 65.2 Å². The van der Waals surface area contributed by atoms with Crippen molar-refractivity contribution in [2.24, 2.45) is 0 Å². The number of rotatable bonds is 9. The van der Waals surface area contributed by atoms with E-state index in [1.807, 2.05) is 62.4 Å². The third-order valence-corrected chi connectivity index (χ3v) is 7.58. The Labute approximate surface area is 231 Å². The molecule has 0 saturated carbocycles. The lowest BCUT2D eigenvalue weighted by molar-refractivity contribution is 0.0187. The lowest BCUT2D eigenvalue weighted by atomic mass is 9.73. The SMILES string of the molecule is C=C1CCN(CC(O)COc2ccccc2C=Cc2c(C)noc2C)C(c2ccccc2)(c2ccccc2)C1. The summed E-state index contributed by atoms with van der Waals surface area (Å²) in [6.07, 6.45) is 5.03. The molecular weight excluding hydrogens is 484 g/mol. The summed E-state index contributed by atoms with van der Waals surface area (Å²) in [6.45, 7) is 9.69. The molecule has 5 nitrogen and oxygen atoms in total. The van der Waals surface area contributed by atoms with Gasteiger partial charge < -0.3 is 14.4 Å². The summed E-state index contributed by atoms with van der Waals surface area (Å²) >= 11 is 0. The van der Waals surface area contributed by atoms with E-state index in [4.69, 9.17) is 9.26 Å². The number of β-amino-alcohol motifs (C(OH)–C–C–N with tert-alkyl or cyclic N) is 1.